The quantitative estimate of drug-likeness (QED) is 0.886. The third kappa shape index (κ3) is 2.17. The highest BCUT2D eigenvalue weighted by atomic mass is 19.1. The lowest BCUT2D eigenvalue weighted by molar-refractivity contribution is 0.516. The van der Waals surface area contributed by atoms with Gasteiger partial charge in [0.15, 0.2) is 11.4 Å². The first-order chi connectivity index (χ1) is 8.17. The zero-order chi connectivity index (χ0) is 12.4. The summed E-state index contributed by atoms with van der Waals surface area (Å²) in [6.45, 7) is 2.01. The van der Waals surface area contributed by atoms with Gasteiger partial charge in [0.05, 0.1) is 11.6 Å². The average molecular weight is 239 g/mol. The van der Waals surface area contributed by atoms with Gasteiger partial charge in [0.2, 0.25) is 0 Å². The highest BCUT2D eigenvalue weighted by Crippen LogP contribution is 2.26. The molecule has 0 aliphatic heterocycles. The highest BCUT2D eigenvalue weighted by molar-refractivity contribution is 5.79. The van der Waals surface area contributed by atoms with Crippen LogP contribution in [0.5, 0.6) is 0 Å². The van der Waals surface area contributed by atoms with Crippen LogP contribution in [0.2, 0.25) is 0 Å². The molecular weight excluding hydrogens is 224 g/mol. The van der Waals surface area contributed by atoms with Gasteiger partial charge in [0.25, 0.3) is 0 Å². The monoisotopic (exact) mass is 239 g/mol. The van der Waals surface area contributed by atoms with E-state index in [0.29, 0.717) is 12.0 Å². The van der Waals surface area contributed by atoms with Crippen molar-refractivity contribution < 1.29 is 13.2 Å². The number of halogens is 2. The van der Waals surface area contributed by atoms with E-state index >= 15 is 0 Å². The molecule has 0 radical (unpaired) electrons. The number of furan rings is 1. The molecule has 1 aromatic carbocycles. The molecule has 0 aliphatic rings. The second kappa shape index (κ2) is 4.84. The molecule has 0 saturated heterocycles. The lowest BCUT2D eigenvalue weighted by Gasteiger charge is -2.14. The molecule has 0 amide bonds. The molecule has 17 heavy (non-hydrogen) atoms. The highest BCUT2D eigenvalue weighted by Gasteiger charge is 2.16. The fourth-order valence-electron chi connectivity index (χ4n) is 1.99. The number of likely N-dealkylation sites (N-methyl/N-ethyl adjacent to an activating group) is 1. The molecule has 1 atom stereocenters. The Kier molecular flexibility index (Phi) is 3.43. The molecule has 2 nitrogen and oxygen atoms in total. The maximum Gasteiger partial charge on any atom is 0.172 e. The van der Waals surface area contributed by atoms with Crippen LogP contribution >= 0.6 is 0 Å². The van der Waals surface area contributed by atoms with Crippen LogP contribution in [0.25, 0.3) is 11.0 Å². The van der Waals surface area contributed by atoms with Crippen molar-refractivity contribution in [1.82, 2.24) is 5.32 Å². The standard InChI is InChI=1S/C13H15F2NO/c1-3-9(16-2)6-8-7-11(14)13-10(12(8)15)4-5-17-13/h4-5,7,9,16H,3,6H2,1-2H3/t9-/m0/s1. The second-order valence-corrected chi connectivity index (χ2v) is 4.09. The normalized spacial score (nSPS) is 13.2. The molecule has 4 heteroatoms. The molecule has 0 bridgehead atoms. The van der Waals surface area contributed by atoms with Gasteiger partial charge in [-0.1, -0.05) is 6.92 Å². The maximum atomic E-state index is 14.1. The number of rotatable bonds is 4. The van der Waals surface area contributed by atoms with E-state index < -0.39 is 5.82 Å². The SMILES string of the molecule is CC[C@@H](Cc1cc(F)c2occc2c1F)NC. The van der Waals surface area contributed by atoms with E-state index in [1.165, 1.54) is 18.4 Å². The minimum atomic E-state index is -0.507. The number of hydrogen-bond donors (Lipinski definition) is 1. The van der Waals surface area contributed by atoms with Crippen molar-refractivity contribution in [2.75, 3.05) is 7.05 Å². The first kappa shape index (κ1) is 12.0. The van der Waals surface area contributed by atoms with Crippen molar-refractivity contribution in [3.63, 3.8) is 0 Å². The summed E-state index contributed by atoms with van der Waals surface area (Å²) >= 11 is 0. The van der Waals surface area contributed by atoms with Gasteiger partial charge < -0.3 is 9.73 Å². The Morgan fingerprint density at radius 3 is 2.82 bits per heavy atom. The molecule has 0 spiro atoms. The van der Waals surface area contributed by atoms with E-state index in [9.17, 15) is 8.78 Å². The van der Waals surface area contributed by atoms with Crippen LogP contribution in [-0.2, 0) is 6.42 Å². The van der Waals surface area contributed by atoms with Crippen molar-refractivity contribution in [3.05, 3.63) is 35.6 Å². The van der Waals surface area contributed by atoms with Gasteiger partial charge in [0, 0.05) is 6.04 Å². The zero-order valence-electron chi connectivity index (χ0n) is 9.89. The topological polar surface area (TPSA) is 25.2 Å². The van der Waals surface area contributed by atoms with Crippen LogP contribution in [0.4, 0.5) is 8.78 Å². The summed E-state index contributed by atoms with van der Waals surface area (Å²) in [5, 5.41) is 3.29. The fourth-order valence-corrected chi connectivity index (χ4v) is 1.99. The first-order valence-electron chi connectivity index (χ1n) is 5.68. The molecule has 2 aromatic rings. The molecular formula is C13H15F2NO. The summed E-state index contributed by atoms with van der Waals surface area (Å²) in [5.41, 5.74) is 0.376. The van der Waals surface area contributed by atoms with E-state index in [4.69, 9.17) is 4.42 Å². The van der Waals surface area contributed by atoms with Gasteiger partial charge in [-0.05, 0) is 37.6 Å². The van der Waals surface area contributed by atoms with Crippen LogP contribution in [0.15, 0.2) is 22.8 Å². The Labute approximate surface area is 98.6 Å². The lowest BCUT2D eigenvalue weighted by atomic mass is 10.0. The molecule has 0 fully saturated rings. The predicted octanol–water partition coefficient (Wildman–Crippen LogP) is 3.25. The van der Waals surface area contributed by atoms with Gasteiger partial charge in [0.1, 0.15) is 5.82 Å². The van der Waals surface area contributed by atoms with E-state index in [1.54, 1.807) is 0 Å². The minimum Gasteiger partial charge on any atom is -0.461 e. The average Bonchev–Trinajstić information content (AvgIpc) is 2.81. The zero-order valence-corrected chi connectivity index (χ0v) is 9.89. The summed E-state index contributed by atoms with van der Waals surface area (Å²) in [7, 11) is 1.82. The molecule has 1 heterocycles. The van der Waals surface area contributed by atoms with Crippen LogP contribution in [-0.4, -0.2) is 13.1 Å². The summed E-state index contributed by atoms with van der Waals surface area (Å²) in [6.07, 6.45) is 2.63. The lowest BCUT2D eigenvalue weighted by Crippen LogP contribution is -2.27. The Balaban J connectivity index is 2.43. The fraction of sp³-hybridized carbons (Fsp3) is 0.385. The van der Waals surface area contributed by atoms with Crippen LogP contribution in [0, 0.1) is 11.6 Å². The summed E-state index contributed by atoms with van der Waals surface area (Å²) in [4.78, 5) is 0. The Morgan fingerprint density at radius 2 is 2.18 bits per heavy atom. The largest absolute Gasteiger partial charge is 0.461 e. The molecule has 92 valence electrons. The summed E-state index contributed by atoms with van der Waals surface area (Å²) in [5.74, 6) is -0.892. The molecule has 0 saturated carbocycles. The van der Waals surface area contributed by atoms with Crippen LogP contribution in [0.1, 0.15) is 18.9 Å². The number of nitrogens with one attached hydrogen (secondary N) is 1. The number of benzene rings is 1. The maximum absolute atomic E-state index is 14.1. The third-order valence-corrected chi connectivity index (χ3v) is 3.07. The van der Waals surface area contributed by atoms with Crippen molar-refractivity contribution >= 4 is 11.0 Å². The molecule has 0 unspecified atom stereocenters. The second-order valence-electron chi connectivity index (χ2n) is 4.09. The van der Waals surface area contributed by atoms with E-state index in [2.05, 4.69) is 5.32 Å². The number of hydrogen-bond acceptors (Lipinski definition) is 2. The molecule has 0 aliphatic carbocycles. The van der Waals surface area contributed by atoms with Gasteiger partial charge in [-0.15, -0.1) is 0 Å². The van der Waals surface area contributed by atoms with Crippen LogP contribution in [0.3, 0.4) is 0 Å². The van der Waals surface area contributed by atoms with Crippen molar-refractivity contribution in [2.24, 2.45) is 0 Å². The number of fused-ring (bicyclic) bond motifs is 1. The smallest absolute Gasteiger partial charge is 0.172 e. The Bertz CT molecular complexity index is 517. The minimum absolute atomic E-state index is 0.0104. The Hall–Kier alpha value is -1.42. The van der Waals surface area contributed by atoms with E-state index in [0.717, 1.165) is 6.42 Å². The predicted molar refractivity (Wildman–Crippen MR) is 63.0 cm³/mol. The summed E-state index contributed by atoms with van der Waals surface area (Å²) in [6, 6.07) is 2.83. The molecule has 1 N–H and O–H groups in total. The van der Waals surface area contributed by atoms with Crippen molar-refractivity contribution in [1.29, 1.82) is 0 Å². The van der Waals surface area contributed by atoms with Gasteiger partial charge in [-0.3, -0.25) is 0 Å². The van der Waals surface area contributed by atoms with Crippen molar-refractivity contribution in [3.8, 4) is 0 Å². The molecule has 2 rings (SSSR count). The van der Waals surface area contributed by atoms with Gasteiger partial charge >= 0.3 is 0 Å². The molecule has 1 aromatic heterocycles. The first-order valence-corrected chi connectivity index (χ1v) is 5.68. The van der Waals surface area contributed by atoms with E-state index in [-0.39, 0.29) is 22.8 Å². The Morgan fingerprint density at radius 1 is 1.41 bits per heavy atom. The van der Waals surface area contributed by atoms with E-state index in [1.807, 2.05) is 14.0 Å². The van der Waals surface area contributed by atoms with Gasteiger partial charge in [-0.2, -0.15) is 0 Å². The van der Waals surface area contributed by atoms with Crippen LogP contribution < -0.4 is 5.32 Å². The summed E-state index contributed by atoms with van der Waals surface area (Å²) < 4.78 is 32.6. The van der Waals surface area contributed by atoms with Crippen molar-refractivity contribution in [2.45, 2.75) is 25.8 Å². The van der Waals surface area contributed by atoms with Gasteiger partial charge in [-0.25, -0.2) is 8.78 Å². The third-order valence-electron chi connectivity index (χ3n) is 3.07.